The highest BCUT2D eigenvalue weighted by atomic mass is 79.9. The fourth-order valence-electron chi connectivity index (χ4n) is 1.70. The minimum absolute atomic E-state index is 0.0978. The molecule has 0 saturated heterocycles. The third-order valence-corrected chi connectivity index (χ3v) is 3.13. The fourth-order valence-corrected chi connectivity index (χ4v) is 2.08. The topological polar surface area (TPSA) is 38.8 Å². The van der Waals surface area contributed by atoms with Crippen LogP contribution in [0.2, 0.25) is 0 Å². The number of benzene rings is 1. The van der Waals surface area contributed by atoms with Gasteiger partial charge in [-0.15, -0.1) is 0 Å². The van der Waals surface area contributed by atoms with Gasteiger partial charge in [0.05, 0.1) is 7.11 Å². The van der Waals surface area contributed by atoms with E-state index in [1.165, 1.54) is 12.2 Å². The molecule has 16 heavy (non-hydrogen) atoms. The van der Waals surface area contributed by atoms with E-state index in [0.717, 1.165) is 15.8 Å². The summed E-state index contributed by atoms with van der Waals surface area (Å²) in [4.78, 5) is 16.8. The van der Waals surface area contributed by atoms with Crippen LogP contribution in [0.15, 0.2) is 22.7 Å². The molecule has 1 aromatic rings. The molecule has 1 heterocycles. The Hall–Kier alpha value is -1.07. The number of halogens is 1. The Labute approximate surface area is 102 Å². The number of rotatable bonds is 2. The molecule has 1 atom stereocenters. The number of hydrogen-bond acceptors (Lipinski definition) is 3. The van der Waals surface area contributed by atoms with E-state index >= 15 is 0 Å². The van der Waals surface area contributed by atoms with Crippen LogP contribution in [0.4, 0.5) is 0 Å². The summed E-state index contributed by atoms with van der Waals surface area (Å²) in [7, 11) is 3.06. The van der Waals surface area contributed by atoms with Crippen molar-refractivity contribution in [3.63, 3.8) is 0 Å². The molecule has 1 unspecified atom stereocenters. The van der Waals surface area contributed by atoms with E-state index in [0.29, 0.717) is 6.61 Å². The molecule has 0 aromatic heterocycles. The molecule has 86 valence electrons. The van der Waals surface area contributed by atoms with Crippen molar-refractivity contribution < 1.29 is 14.4 Å². The number of hydroxylamine groups is 2. The first-order valence-corrected chi connectivity index (χ1v) is 5.66. The number of ether oxygens (including phenoxy) is 1. The summed E-state index contributed by atoms with van der Waals surface area (Å²) in [6, 6.07) is 5.67. The van der Waals surface area contributed by atoms with Crippen molar-refractivity contribution in [1.82, 2.24) is 5.06 Å². The molecular weight excluding hydrogens is 274 g/mol. The van der Waals surface area contributed by atoms with Gasteiger partial charge in [-0.2, -0.15) is 0 Å². The molecule has 0 fully saturated rings. The van der Waals surface area contributed by atoms with Crippen LogP contribution in [0.25, 0.3) is 0 Å². The first-order chi connectivity index (χ1) is 7.63. The zero-order valence-corrected chi connectivity index (χ0v) is 10.7. The van der Waals surface area contributed by atoms with Crippen LogP contribution in [0.5, 0.6) is 5.75 Å². The molecule has 0 radical (unpaired) electrons. The number of carbonyl (C=O) groups excluding carboxylic acids is 1. The molecule has 0 aliphatic carbocycles. The summed E-state index contributed by atoms with van der Waals surface area (Å²) in [6.07, 6.45) is 0. The number of likely N-dealkylation sites (N-methyl/N-ethyl adjacent to an activating group) is 1. The minimum Gasteiger partial charge on any atom is -0.492 e. The molecule has 0 bridgehead atoms. The highest BCUT2D eigenvalue weighted by Gasteiger charge is 2.32. The molecule has 1 aliphatic rings. The van der Waals surface area contributed by atoms with E-state index in [-0.39, 0.29) is 11.8 Å². The Morgan fingerprint density at radius 2 is 2.38 bits per heavy atom. The van der Waals surface area contributed by atoms with E-state index in [2.05, 4.69) is 15.9 Å². The van der Waals surface area contributed by atoms with Gasteiger partial charge in [0.15, 0.2) is 0 Å². The average Bonchev–Trinajstić information content (AvgIpc) is 2.69. The smallest absolute Gasteiger partial charge is 0.256 e. The van der Waals surface area contributed by atoms with Gasteiger partial charge in [0.2, 0.25) is 0 Å². The number of nitrogens with zero attached hydrogens (tertiary/aromatic N) is 1. The Morgan fingerprint density at radius 1 is 1.62 bits per heavy atom. The lowest BCUT2D eigenvalue weighted by atomic mass is 10.0. The summed E-state index contributed by atoms with van der Waals surface area (Å²) in [6.45, 7) is 0.373. The van der Waals surface area contributed by atoms with E-state index in [1.54, 1.807) is 7.05 Å². The van der Waals surface area contributed by atoms with Crippen LogP contribution in [-0.2, 0) is 9.63 Å². The Bertz CT molecular complexity index is 422. The summed E-state index contributed by atoms with van der Waals surface area (Å²) >= 11 is 3.38. The lowest BCUT2D eigenvalue weighted by molar-refractivity contribution is -0.170. The quantitative estimate of drug-likeness (QED) is 0.780. The number of carbonyl (C=O) groups is 1. The molecule has 5 heteroatoms. The van der Waals surface area contributed by atoms with Gasteiger partial charge in [0.25, 0.3) is 5.91 Å². The molecule has 2 rings (SSSR count). The van der Waals surface area contributed by atoms with Crippen molar-refractivity contribution in [2.45, 2.75) is 5.92 Å². The van der Waals surface area contributed by atoms with Crippen molar-refractivity contribution in [2.24, 2.45) is 0 Å². The molecule has 0 spiro atoms. The summed E-state index contributed by atoms with van der Waals surface area (Å²) in [5, 5.41) is 1.23. The molecule has 4 nitrogen and oxygen atoms in total. The minimum atomic E-state index is -0.280. The van der Waals surface area contributed by atoms with Crippen molar-refractivity contribution in [3.05, 3.63) is 28.2 Å². The van der Waals surface area contributed by atoms with Crippen molar-refractivity contribution in [3.8, 4) is 5.75 Å². The second kappa shape index (κ2) is 4.43. The summed E-state index contributed by atoms with van der Waals surface area (Å²) in [5.74, 6) is 0.392. The number of hydrogen-bond donors (Lipinski definition) is 0. The third kappa shape index (κ3) is 1.92. The van der Waals surface area contributed by atoms with Crippen molar-refractivity contribution in [1.29, 1.82) is 0 Å². The van der Waals surface area contributed by atoms with Crippen LogP contribution >= 0.6 is 15.9 Å². The zero-order chi connectivity index (χ0) is 11.7. The monoisotopic (exact) mass is 285 g/mol. The summed E-state index contributed by atoms with van der Waals surface area (Å²) in [5.41, 5.74) is 0.906. The Morgan fingerprint density at radius 3 is 3.06 bits per heavy atom. The van der Waals surface area contributed by atoms with Gasteiger partial charge in [-0.1, -0.05) is 15.9 Å². The third-order valence-electron chi connectivity index (χ3n) is 2.64. The maximum atomic E-state index is 12.0. The van der Waals surface area contributed by atoms with Gasteiger partial charge in [-0.05, 0) is 18.2 Å². The van der Waals surface area contributed by atoms with Crippen LogP contribution < -0.4 is 4.74 Å². The van der Waals surface area contributed by atoms with Gasteiger partial charge in [0.1, 0.15) is 18.3 Å². The van der Waals surface area contributed by atoms with E-state index in [9.17, 15) is 4.79 Å². The van der Waals surface area contributed by atoms with Crippen molar-refractivity contribution >= 4 is 21.8 Å². The lowest BCUT2D eigenvalue weighted by Gasteiger charge is -2.17. The normalized spacial score (nSPS) is 17.8. The molecule has 1 aliphatic heterocycles. The van der Waals surface area contributed by atoms with E-state index < -0.39 is 0 Å². The fraction of sp³-hybridized carbons (Fsp3) is 0.364. The van der Waals surface area contributed by atoms with E-state index in [4.69, 9.17) is 9.57 Å². The Balaban J connectivity index is 2.29. The maximum Gasteiger partial charge on any atom is 0.256 e. The largest absolute Gasteiger partial charge is 0.492 e. The lowest BCUT2D eigenvalue weighted by Crippen LogP contribution is -2.31. The molecule has 0 saturated carbocycles. The molecule has 1 amide bonds. The standard InChI is InChI=1S/C11H12BrNO3/c1-13(15-2)11(14)9-6-16-10-4-3-7(12)5-8(9)10/h3-5,9H,6H2,1-2H3. The zero-order valence-electron chi connectivity index (χ0n) is 9.07. The predicted molar refractivity (Wildman–Crippen MR) is 62.2 cm³/mol. The number of fused-ring (bicyclic) bond motifs is 1. The highest BCUT2D eigenvalue weighted by molar-refractivity contribution is 9.10. The Kier molecular flexibility index (Phi) is 3.16. The molecule has 0 N–H and O–H groups in total. The van der Waals surface area contributed by atoms with Crippen molar-refractivity contribution in [2.75, 3.05) is 20.8 Å². The first kappa shape index (κ1) is 11.4. The van der Waals surface area contributed by atoms with Crippen LogP contribution in [0.3, 0.4) is 0 Å². The average molecular weight is 286 g/mol. The van der Waals surface area contributed by atoms with Gasteiger partial charge >= 0.3 is 0 Å². The SMILES string of the molecule is CON(C)C(=O)C1COc2ccc(Br)cc21. The maximum absolute atomic E-state index is 12.0. The van der Waals surface area contributed by atoms with Gasteiger partial charge in [-0.25, -0.2) is 5.06 Å². The first-order valence-electron chi connectivity index (χ1n) is 4.87. The molecule has 1 aromatic carbocycles. The second-order valence-corrected chi connectivity index (χ2v) is 4.48. The number of amides is 1. The van der Waals surface area contributed by atoms with Gasteiger partial charge in [-0.3, -0.25) is 9.63 Å². The van der Waals surface area contributed by atoms with Gasteiger partial charge < -0.3 is 4.74 Å². The van der Waals surface area contributed by atoms with Crippen LogP contribution in [0, 0.1) is 0 Å². The predicted octanol–water partition coefficient (Wildman–Crippen LogP) is 1.94. The van der Waals surface area contributed by atoms with Crippen LogP contribution in [-0.4, -0.2) is 31.7 Å². The highest BCUT2D eigenvalue weighted by Crippen LogP contribution is 2.36. The van der Waals surface area contributed by atoms with Crippen LogP contribution in [0.1, 0.15) is 11.5 Å². The summed E-state index contributed by atoms with van der Waals surface area (Å²) < 4.78 is 6.40. The molecular formula is C11H12BrNO3. The van der Waals surface area contributed by atoms with E-state index in [1.807, 2.05) is 18.2 Å². The van der Waals surface area contributed by atoms with Gasteiger partial charge in [0, 0.05) is 17.1 Å². The second-order valence-electron chi connectivity index (χ2n) is 3.56.